The summed E-state index contributed by atoms with van der Waals surface area (Å²) >= 11 is 1.28. The first-order chi connectivity index (χ1) is 25.4. The summed E-state index contributed by atoms with van der Waals surface area (Å²) < 4.78 is 34.9. The maximum atomic E-state index is 6.37. The molecule has 0 spiro atoms. The Morgan fingerprint density at radius 2 is 1.26 bits per heavy atom. The molecule has 1 aliphatic rings. The second-order valence-corrected chi connectivity index (χ2v) is 16.5. The second-order valence-electron chi connectivity index (χ2n) is 15.9. The second kappa shape index (κ2) is 19.0. The van der Waals surface area contributed by atoms with Crippen molar-refractivity contribution in [2.75, 3.05) is 87.1 Å². The SMILES string of the molecule is C/C=C/c1ccc2c(c1)C(CCOCCOCCN(C(C)C)C(C)C)(CCOCCOCC[N+](C)(C)C)c1cc(-c3ccc(C)c4nsnc34)ccc1-2. The van der Waals surface area contributed by atoms with Crippen molar-refractivity contribution >= 4 is 28.8 Å². The fraction of sp³-hybridized carbons (Fsp3) is 0.545. The van der Waals surface area contributed by atoms with Crippen LogP contribution in [-0.2, 0) is 24.4 Å². The van der Waals surface area contributed by atoms with Crippen LogP contribution in [-0.4, -0.2) is 117 Å². The number of ether oxygens (including phenoxy) is 4. The number of fused-ring (bicyclic) bond motifs is 4. The summed E-state index contributed by atoms with van der Waals surface area (Å²) in [6.45, 7) is 20.0. The van der Waals surface area contributed by atoms with Crippen LogP contribution in [0.15, 0.2) is 54.6 Å². The molecule has 0 saturated heterocycles. The van der Waals surface area contributed by atoms with Crippen molar-refractivity contribution in [3.63, 3.8) is 0 Å². The highest BCUT2D eigenvalue weighted by molar-refractivity contribution is 7.00. The molecule has 3 aromatic carbocycles. The molecule has 0 bridgehead atoms. The van der Waals surface area contributed by atoms with Crippen molar-refractivity contribution in [2.45, 2.75) is 71.9 Å². The number of likely N-dealkylation sites (N-methyl/N-ethyl adjacent to an activating group) is 1. The first-order valence-corrected chi connectivity index (χ1v) is 20.2. The van der Waals surface area contributed by atoms with Gasteiger partial charge in [0, 0.05) is 42.8 Å². The molecule has 53 heavy (non-hydrogen) atoms. The summed E-state index contributed by atoms with van der Waals surface area (Å²) in [5.41, 5.74) is 11.5. The molecule has 288 valence electrons. The number of benzene rings is 3. The van der Waals surface area contributed by atoms with Gasteiger partial charge in [-0.25, -0.2) is 0 Å². The molecule has 1 unspecified atom stereocenters. The smallest absolute Gasteiger partial charge is 0.112 e. The standard InChI is InChI=1S/C44H63N4O4S/c1-10-11-35-13-16-38-39-17-14-36(37-15-12-34(6)42-43(37)46-53-45-42)31-41(39)44(40(38)30-35,19-23-50-27-29-52-25-21-48(7,8)9)18-22-49-26-28-51-24-20-47(32(2)3)33(4)5/h10-17,30-33H,18-29H2,1-9H3/q+1/b11-10+. The molecule has 0 aliphatic heterocycles. The molecule has 1 aromatic heterocycles. The summed E-state index contributed by atoms with van der Waals surface area (Å²) in [4.78, 5) is 2.46. The van der Waals surface area contributed by atoms with Gasteiger partial charge in [0.1, 0.15) is 17.6 Å². The number of hydrogen-bond acceptors (Lipinski definition) is 8. The molecule has 0 amide bonds. The van der Waals surface area contributed by atoms with Crippen LogP contribution in [0.4, 0.5) is 0 Å². The van der Waals surface area contributed by atoms with Crippen LogP contribution in [0.25, 0.3) is 39.4 Å². The van der Waals surface area contributed by atoms with E-state index in [4.69, 9.17) is 23.3 Å². The van der Waals surface area contributed by atoms with E-state index < -0.39 is 0 Å². The van der Waals surface area contributed by atoms with Gasteiger partial charge in [-0.15, -0.1) is 0 Å². The van der Waals surface area contributed by atoms with E-state index in [1.807, 2.05) is 0 Å². The van der Waals surface area contributed by atoms with Crippen molar-refractivity contribution in [1.29, 1.82) is 0 Å². The van der Waals surface area contributed by atoms with E-state index in [0.717, 1.165) is 64.7 Å². The van der Waals surface area contributed by atoms with Crippen LogP contribution in [0.2, 0.25) is 0 Å². The number of allylic oxidation sites excluding steroid dienone is 1. The first-order valence-electron chi connectivity index (χ1n) is 19.5. The van der Waals surface area contributed by atoms with Crippen molar-refractivity contribution < 1.29 is 23.4 Å². The third kappa shape index (κ3) is 10.4. The lowest BCUT2D eigenvalue weighted by Gasteiger charge is -2.33. The number of rotatable bonds is 22. The van der Waals surface area contributed by atoms with Crippen LogP contribution >= 0.6 is 11.7 Å². The largest absolute Gasteiger partial charge is 0.379 e. The van der Waals surface area contributed by atoms with Crippen LogP contribution in [0.3, 0.4) is 0 Å². The van der Waals surface area contributed by atoms with Crippen molar-refractivity contribution in [2.24, 2.45) is 0 Å². The third-order valence-electron chi connectivity index (χ3n) is 10.5. The van der Waals surface area contributed by atoms with Gasteiger partial charge in [0.05, 0.1) is 72.5 Å². The average Bonchev–Trinajstić information content (AvgIpc) is 3.71. The average molecular weight is 744 g/mol. The van der Waals surface area contributed by atoms with E-state index in [9.17, 15) is 0 Å². The van der Waals surface area contributed by atoms with Gasteiger partial charge in [0.15, 0.2) is 0 Å². The quantitative estimate of drug-likeness (QED) is 0.0590. The maximum absolute atomic E-state index is 6.37. The number of nitrogens with zero attached hydrogens (tertiary/aromatic N) is 4. The lowest BCUT2D eigenvalue weighted by atomic mass is 9.72. The van der Waals surface area contributed by atoms with E-state index in [1.165, 1.54) is 39.5 Å². The molecular weight excluding hydrogens is 681 g/mol. The molecule has 9 heteroatoms. The molecule has 0 fully saturated rings. The predicted molar refractivity (Wildman–Crippen MR) is 221 cm³/mol. The van der Waals surface area contributed by atoms with Crippen molar-refractivity contribution in [3.05, 3.63) is 76.9 Å². The van der Waals surface area contributed by atoms with E-state index in [1.54, 1.807) is 0 Å². The van der Waals surface area contributed by atoms with Crippen LogP contribution in [0, 0.1) is 6.92 Å². The molecular formula is C44H63N4O4S+. The Morgan fingerprint density at radius 1 is 0.698 bits per heavy atom. The minimum Gasteiger partial charge on any atom is -0.379 e. The highest BCUT2D eigenvalue weighted by Crippen LogP contribution is 2.54. The van der Waals surface area contributed by atoms with Gasteiger partial charge in [0.2, 0.25) is 0 Å². The van der Waals surface area contributed by atoms with Gasteiger partial charge in [-0.1, -0.05) is 54.6 Å². The van der Waals surface area contributed by atoms with E-state index >= 15 is 0 Å². The normalized spacial score (nSPS) is 15.8. The highest BCUT2D eigenvalue weighted by Gasteiger charge is 2.43. The van der Waals surface area contributed by atoms with E-state index in [-0.39, 0.29) is 5.41 Å². The fourth-order valence-corrected chi connectivity index (χ4v) is 8.24. The number of aromatic nitrogens is 2. The Kier molecular flexibility index (Phi) is 14.8. The Morgan fingerprint density at radius 3 is 1.89 bits per heavy atom. The van der Waals surface area contributed by atoms with Crippen molar-refractivity contribution in [1.82, 2.24) is 13.6 Å². The minimum absolute atomic E-state index is 0.303. The van der Waals surface area contributed by atoms with Crippen molar-refractivity contribution in [3.8, 4) is 22.3 Å². The van der Waals surface area contributed by atoms with Gasteiger partial charge >= 0.3 is 0 Å². The number of aryl methyl sites for hydroxylation is 1. The zero-order valence-electron chi connectivity index (χ0n) is 33.7. The minimum atomic E-state index is -0.303. The Hall–Kier alpha value is -3.02. The predicted octanol–water partition coefficient (Wildman–Crippen LogP) is 8.64. The molecule has 8 nitrogen and oxygen atoms in total. The van der Waals surface area contributed by atoms with Crippen LogP contribution < -0.4 is 0 Å². The highest BCUT2D eigenvalue weighted by atomic mass is 32.1. The molecule has 1 heterocycles. The lowest BCUT2D eigenvalue weighted by molar-refractivity contribution is -0.870. The number of quaternary nitrogens is 1. The summed E-state index contributed by atoms with van der Waals surface area (Å²) in [7, 11) is 6.55. The summed E-state index contributed by atoms with van der Waals surface area (Å²) in [5, 5.41) is 0. The van der Waals surface area contributed by atoms with Gasteiger partial charge in [-0.2, -0.15) is 8.75 Å². The molecule has 1 aliphatic carbocycles. The van der Waals surface area contributed by atoms with E-state index in [0.29, 0.717) is 58.3 Å². The van der Waals surface area contributed by atoms with Gasteiger partial charge < -0.3 is 23.4 Å². The topological polar surface area (TPSA) is 65.9 Å². The molecule has 5 rings (SSSR count). The Labute approximate surface area is 323 Å². The molecule has 0 N–H and O–H groups in total. The summed E-state index contributed by atoms with van der Waals surface area (Å²) in [6, 6.07) is 19.2. The van der Waals surface area contributed by atoms with Gasteiger partial charge in [-0.3, -0.25) is 4.90 Å². The zero-order valence-corrected chi connectivity index (χ0v) is 34.6. The van der Waals surface area contributed by atoms with Crippen LogP contribution in [0.5, 0.6) is 0 Å². The van der Waals surface area contributed by atoms with Gasteiger partial charge in [-0.05, 0) is 99.4 Å². The monoisotopic (exact) mass is 743 g/mol. The zero-order chi connectivity index (χ0) is 38.0. The van der Waals surface area contributed by atoms with Crippen LogP contribution in [0.1, 0.15) is 69.7 Å². The van der Waals surface area contributed by atoms with E-state index in [2.05, 4.69) is 133 Å². The lowest BCUT2D eigenvalue weighted by Crippen LogP contribution is -2.39. The number of hydrogen-bond donors (Lipinski definition) is 0. The molecule has 1 atom stereocenters. The summed E-state index contributed by atoms with van der Waals surface area (Å²) in [5.74, 6) is 0. The first kappa shape index (κ1) is 41.1. The summed E-state index contributed by atoms with van der Waals surface area (Å²) in [6.07, 6.45) is 5.96. The molecule has 0 saturated carbocycles. The Bertz CT molecular complexity index is 1790. The molecule has 0 radical (unpaired) electrons. The van der Waals surface area contributed by atoms with Gasteiger partial charge in [0.25, 0.3) is 0 Å². The maximum Gasteiger partial charge on any atom is 0.112 e. The Balaban J connectivity index is 1.39. The fourth-order valence-electron chi connectivity index (χ4n) is 7.62. The molecule has 4 aromatic rings. The third-order valence-corrected chi connectivity index (χ3v) is 11.0.